The number of hydrogen-bond acceptors (Lipinski definition) is 2. The molecule has 0 aromatic rings. The number of carbonyl (C=O) groups excluding carboxylic acids is 1. The van der Waals surface area contributed by atoms with E-state index in [2.05, 4.69) is 33.0 Å². The van der Waals surface area contributed by atoms with Gasteiger partial charge in [-0.25, -0.2) is 0 Å². The first kappa shape index (κ1) is 16.4. The lowest BCUT2D eigenvalue weighted by atomic mass is 10.0. The van der Waals surface area contributed by atoms with Crippen molar-refractivity contribution < 1.29 is 4.79 Å². The fourth-order valence-corrected chi connectivity index (χ4v) is 1.96. The van der Waals surface area contributed by atoms with Gasteiger partial charge in [-0.05, 0) is 25.7 Å². The minimum Gasteiger partial charge on any atom is -0.347 e. The molecule has 2 unspecified atom stereocenters. The molecule has 0 radical (unpaired) electrons. The Bertz CT molecular complexity index is 214. The minimum atomic E-state index is -0.0307. The Morgan fingerprint density at radius 2 is 1.82 bits per heavy atom. The Labute approximate surface area is 107 Å². The summed E-state index contributed by atoms with van der Waals surface area (Å²) in [5, 5.41) is 3.47. The summed E-state index contributed by atoms with van der Waals surface area (Å²) in [7, 11) is 3.65. The van der Waals surface area contributed by atoms with Crippen LogP contribution in [0.5, 0.6) is 0 Å². The van der Waals surface area contributed by atoms with Crippen molar-refractivity contribution in [2.45, 2.75) is 65.5 Å². The number of hydrogen-bond donors (Lipinski definition) is 1. The van der Waals surface area contributed by atoms with Gasteiger partial charge in [-0.3, -0.25) is 4.79 Å². The first-order valence-electron chi connectivity index (χ1n) is 6.85. The molecule has 3 nitrogen and oxygen atoms in total. The molecular weight excluding hydrogens is 212 g/mol. The van der Waals surface area contributed by atoms with E-state index >= 15 is 0 Å². The van der Waals surface area contributed by atoms with Gasteiger partial charge in [-0.1, -0.05) is 33.6 Å². The van der Waals surface area contributed by atoms with Gasteiger partial charge in [0.2, 0.25) is 5.91 Å². The van der Waals surface area contributed by atoms with Gasteiger partial charge in [0.05, 0.1) is 6.04 Å². The Morgan fingerprint density at radius 1 is 1.24 bits per heavy atom. The maximum Gasteiger partial charge on any atom is 0.239 e. The summed E-state index contributed by atoms with van der Waals surface area (Å²) in [6, 6.07) is 0.388. The molecule has 3 heteroatoms. The summed E-state index contributed by atoms with van der Waals surface area (Å²) in [4.78, 5) is 13.7. The lowest BCUT2D eigenvalue weighted by Gasteiger charge is -2.26. The molecule has 0 aliphatic heterocycles. The van der Waals surface area contributed by atoms with Crippen molar-refractivity contribution >= 4 is 5.91 Å². The van der Waals surface area contributed by atoms with Crippen molar-refractivity contribution in [1.82, 2.24) is 10.2 Å². The van der Waals surface area contributed by atoms with Crippen LogP contribution >= 0.6 is 0 Å². The van der Waals surface area contributed by atoms with E-state index in [0.717, 1.165) is 12.8 Å². The monoisotopic (exact) mass is 242 g/mol. The van der Waals surface area contributed by atoms with Gasteiger partial charge >= 0.3 is 0 Å². The van der Waals surface area contributed by atoms with E-state index in [-0.39, 0.29) is 11.9 Å². The van der Waals surface area contributed by atoms with Gasteiger partial charge in [0.15, 0.2) is 0 Å². The minimum absolute atomic E-state index is 0.0307. The molecule has 0 aliphatic carbocycles. The van der Waals surface area contributed by atoms with Crippen molar-refractivity contribution in [2.24, 2.45) is 5.92 Å². The van der Waals surface area contributed by atoms with E-state index in [4.69, 9.17) is 0 Å². The lowest BCUT2D eigenvalue weighted by molar-refractivity contribution is -0.131. The van der Waals surface area contributed by atoms with Crippen molar-refractivity contribution in [3.63, 3.8) is 0 Å². The maximum absolute atomic E-state index is 12.1. The molecule has 2 atom stereocenters. The third kappa shape index (κ3) is 7.37. The van der Waals surface area contributed by atoms with E-state index in [1.165, 1.54) is 12.8 Å². The number of unbranched alkanes of at least 4 members (excludes halogenated alkanes) is 1. The van der Waals surface area contributed by atoms with Gasteiger partial charge in [-0.2, -0.15) is 0 Å². The number of likely N-dealkylation sites (N-methyl/N-ethyl adjacent to an activating group) is 1. The molecule has 0 aromatic carbocycles. The first-order chi connectivity index (χ1) is 7.88. The molecule has 0 fully saturated rings. The Balaban J connectivity index is 4.32. The second kappa shape index (κ2) is 8.51. The van der Waals surface area contributed by atoms with E-state index in [0.29, 0.717) is 12.0 Å². The number of carbonyl (C=O) groups is 1. The highest BCUT2D eigenvalue weighted by atomic mass is 16.2. The highest BCUT2D eigenvalue weighted by molar-refractivity contribution is 5.81. The van der Waals surface area contributed by atoms with Gasteiger partial charge in [0.1, 0.15) is 0 Å². The SMILES string of the molecule is CCCCC(C)NC(CC(C)C)C(=O)N(C)C. The number of amides is 1. The van der Waals surface area contributed by atoms with Crippen LogP contribution in [0.15, 0.2) is 0 Å². The molecule has 0 saturated carbocycles. The van der Waals surface area contributed by atoms with Crippen LogP contribution < -0.4 is 5.32 Å². The maximum atomic E-state index is 12.1. The lowest BCUT2D eigenvalue weighted by Crippen LogP contribution is -2.47. The molecule has 0 heterocycles. The van der Waals surface area contributed by atoms with Crippen molar-refractivity contribution in [3.05, 3.63) is 0 Å². The Hall–Kier alpha value is -0.570. The van der Waals surface area contributed by atoms with E-state index in [9.17, 15) is 4.79 Å². The standard InChI is InChI=1S/C14H30N2O/c1-7-8-9-12(4)15-13(10-11(2)3)14(17)16(5)6/h11-13,15H,7-10H2,1-6H3. The molecule has 102 valence electrons. The molecule has 0 bridgehead atoms. The van der Waals surface area contributed by atoms with E-state index < -0.39 is 0 Å². The first-order valence-corrected chi connectivity index (χ1v) is 6.85. The fraction of sp³-hybridized carbons (Fsp3) is 0.929. The third-order valence-electron chi connectivity index (χ3n) is 2.92. The predicted octanol–water partition coefficient (Wildman–Crippen LogP) is 2.66. The molecule has 0 rings (SSSR count). The number of rotatable bonds is 8. The second-order valence-electron chi connectivity index (χ2n) is 5.62. The average Bonchev–Trinajstić information content (AvgIpc) is 2.23. The Kier molecular flexibility index (Phi) is 8.23. The zero-order valence-corrected chi connectivity index (χ0v) is 12.4. The summed E-state index contributed by atoms with van der Waals surface area (Å²) in [5.74, 6) is 0.733. The van der Waals surface area contributed by atoms with Gasteiger partial charge < -0.3 is 10.2 Å². The topological polar surface area (TPSA) is 32.3 Å². The summed E-state index contributed by atoms with van der Waals surface area (Å²) in [6.45, 7) is 8.69. The molecule has 0 spiro atoms. The van der Waals surface area contributed by atoms with Gasteiger partial charge in [0, 0.05) is 20.1 Å². The summed E-state index contributed by atoms with van der Waals surface area (Å²) in [5.41, 5.74) is 0. The zero-order chi connectivity index (χ0) is 13.4. The highest BCUT2D eigenvalue weighted by Gasteiger charge is 2.22. The van der Waals surface area contributed by atoms with Crippen LogP contribution in [0.4, 0.5) is 0 Å². The van der Waals surface area contributed by atoms with Crippen molar-refractivity contribution in [3.8, 4) is 0 Å². The quantitative estimate of drug-likeness (QED) is 0.709. The van der Waals surface area contributed by atoms with Gasteiger partial charge in [0.25, 0.3) is 0 Å². The van der Waals surface area contributed by atoms with Crippen LogP contribution in [-0.2, 0) is 4.79 Å². The van der Waals surface area contributed by atoms with Crippen LogP contribution in [-0.4, -0.2) is 37.0 Å². The van der Waals surface area contributed by atoms with Crippen molar-refractivity contribution in [1.29, 1.82) is 0 Å². The number of nitrogens with zero attached hydrogens (tertiary/aromatic N) is 1. The van der Waals surface area contributed by atoms with E-state index in [1.807, 2.05) is 14.1 Å². The van der Waals surface area contributed by atoms with Crippen molar-refractivity contribution in [2.75, 3.05) is 14.1 Å². The van der Waals surface area contributed by atoms with Crippen LogP contribution in [0.25, 0.3) is 0 Å². The Morgan fingerprint density at radius 3 is 2.24 bits per heavy atom. The van der Waals surface area contributed by atoms with E-state index in [1.54, 1.807) is 4.90 Å². The molecule has 0 aromatic heterocycles. The normalized spacial score (nSPS) is 14.8. The second-order valence-corrected chi connectivity index (χ2v) is 5.62. The van der Waals surface area contributed by atoms with Crippen LogP contribution in [0, 0.1) is 5.92 Å². The average molecular weight is 242 g/mol. The molecule has 0 saturated heterocycles. The summed E-state index contributed by atoms with van der Waals surface area (Å²) >= 11 is 0. The fourth-order valence-electron chi connectivity index (χ4n) is 1.96. The highest BCUT2D eigenvalue weighted by Crippen LogP contribution is 2.09. The third-order valence-corrected chi connectivity index (χ3v) is 2.92. The van der Waals surface area contributed by atoms with Gasteiger partial charge in [-0.15, -0.1) is 0 Å². The smallest absolute Gasteiger partial charge is 0.239 e. The molecular formula is C14H30N2O. The van der Waals surface area contributed by atoms with Crippen LogP contribution in [0.3, 0.4) is 0 Å². The molecule has 1 amide bonds. The molecule has 1 N–H and O–H groups in total. The largest absolute Gasteiger partial charge is 0.347 e. The summed E-state index contributed by atoms with van der Waals surface area (Å²) in [6.07, 6.45) is 4.49. The van der Waals surface area contributed by atoms with Crippen LogP contribution in [0.1, 0.15) is 53.4 Å². The zero-order valence-electron chi connectivity index (χ0n) is 12.4. The van der Waals surface area contributed by atoms with Crippen LogP contribution in [0.2, 0.25) is 0 Å². The molecule has 17 heavy (non-hydrogen) atoms. The number of nitrogens with one attached hydrogen (secondary N) is 1. The predicted molar refractivity (Wildman–Crippen MR) is 74.1 cm³/mol. The molecule has 0 aliphatic rings. The summed E-state index contributed by atoms with van der Waals surface area (Å²) < 4.78 is 0.